The van der Waals surface area contributed by atoms with Crippen molar-refractivity contribution in [1.82, 2.24) is 0 Å². The summed E-state index contributed by atoms with van der Waals surface area (Å²) in [6, 6.07) is 0. The molecule has 1 spiro atoms. The van der Waals surface area contributed by atoms with Gasteiger partial charge in [-0.05, 0) is 38.5 Å². The first-order valence-electron chi connectivity index (χ1n) is 5.64. The van der Waals surface area contributed by atoms with Crippen LogP contribution in [0, 0.1) is 5.92 Å². The molecule has 1 fully saturated rings. The standard InChI is InChI=1S/C12H16O4/c1-7-3-5-12(6-4-7)9(10(13)14)8(2)11(15)16-12/h7H,3-6H2,1-2H3,(H,13,14). The van der Waals surface area contributed by atoms with Crippen LogP contribution in [0.25, 0.3) is 0 Å². The van der Waals surface area contributed by atoms with Crippen molar-refractivity contribution in [3.8, 4) is 0 Å². The van der Waals surface area contributed by atoms with Gasteiger partial charge in [0, 0.05) is 5.57 Å². The van der Waals surface area contributed by atoms with Gasteiger partial charge in [0.25, 0.3) is 0 Å². The number of ether oxygens (including phenoxy) is 1. The molecular weight excluding hydrogens is 208 g/mol. The Morgan fingerprint density at radius 1 is 1.44 bits per heavy atom. The Hall–Kier alpha value is -1.32. The predicted octanol–water partition coefficient (Wildman–Crippen LogP) is 1.89. The molecule has 1 heterocycles. The summed E-state index contributed by atoms with van der Waals surface area (Å²) in [5.74, 6) is -0.898. The van der Waals surface area contributed by atoms with E-state index in [1.54, 1.807) is 6.92 Å². The van der Waals surface area contributed by atoms with Gasteiger partial charge in [-0.15, -0.1) is 0 Å². The molecule has 0 amide bonds. The summed E-state index contributed by atoms with van der Waals surface area (Å²) < 4.78 is 5.33. The van der Waals surface area contributed by atoms with E-state index < -0.39 is 17.5 Å². The second kappa shape index (κ2) is 3.61. The number of rotatable bonds is 1. The maximum Gasteiger partial charge on any atom is 0.336 e. The van der Waals surface area contributed by atoms with Crippen molar-refractivity contribution in [2.45, 2.75) is 45.1 Å². The maximum atomic E-state index is 11.5. The average Bonchev–Trinajstić information content (AvgIpc) is 2.45. The highest BCUT2D eigenvalue weighted by Gasteiger charge is 2.50. The Morgan fingerprint density at radius 3 is 2.50 bits per heavy atom. The minimum atomic E-state index is -1.02. The lowest BCUT2D eigenvalue weighted by Gasteiger charge is -2.35. The molecule has 0 unspecified atom stereocenters. The zero-order valence-electron chi connectivity index (χ0n) is 9.58. The molecule has 16 heavy (non-hydrogen) atoms. The molecule has 4 heteroatoms. The van der Waals surface area contributed by atoms with Crippen molar-refractivity contribution in [3.05, 3.63) is 11.1 Å². The number of carbonyl (C=O) groups is 2. The average molecular weight is 224 g/mol. The van der Waals surface area contributed by atoms with Gasteiger partial charge in [-0.25, -0.2) is 9.59 Å². The van der Waals surface area contributed by atoms with E-state index in [0.29, 0.717) is 18.8 Å². The molecule has 0 bridgehead atoms. The van der Waals surface area contributed by atoms with Crippen LogP contribution >= 0.6 is 0 Å². The zero-order chi connectivity index (χ0) is 11.9. The number of carboxylic acid groups (broad SMARTS) is 1. The van der Waals surface area contributed by atoms with Gasteiger partial charge in [0.05, 0.1) is 5.57 Å². The monoisotopic (exact) mass is 224 g/mol. The van der Waals surface area contributed by atoms with Crippen molar-refractivity contribution >= 4 is 11.9 Å². The highest BCUT2D eigenvalue weighted by molar-refractivity contribution is 6.04. The molecule has 0 aromatic heterocycles. The first-order valence-corrected chi connectivity index (χ1v) is 5.64. The van der Waals surface area contributed by atoms with E-state index in [0.717, 1.165) is 12.8 Å². The quantitative estimate of drug-likeness (QED) is 0.691. The van der Waals surface area contributed by atoms with Crippen LogP contribution in [-0.2, 0) is 14.3 Å². The van der Waals surface area contributed by atoms with Gasteiger partial charge in [-0.1, -0.05) is 6.92 Å². The molecule has 1 aliphatic heterocycles. The fraction of sp³-hybridized carbons (Fsp3) is 0.667. The lowest BCUT2D eigenvalue weighted by Crippen LogP contribution is -2.38. The number of esters is 1. The molecule has 4 nitrogen and oxygen atoms in total. The fourth-order valence-corrected chi connectivity index (χ4v) is 2.68. The van der Waals surface area contributed by atoms with Crippen molar-refractivity contribution in [2.24, 2.45) is 5.92 Å². The molecule has 0 radical (unpaired) electrons. The molecule has 0 aromatic carbocycles. The first-order chi connectivity index (χ1) is 7.46. The van der Waals surface area contributed by atoms with Gasteiger partial charge in [0.15, 0.2) is 0 Å². The number of carbonyl (C=O) groups excluding carboxylic acids is 1. The second-order valence-corrected chi connectivity index (χ2v) is 4.87. The van der Waals surface area contributed by atoms with E-state index in [-0.39, 0.29) is 11.1 Å². The van der Waals surface area contributed by atoms with Crippen LogP contribution in [0.1, 0.15) is 39.5 Å². The van der Waals surface area contributed by atoms with Gasteiger partial charge in [-0.2, -0.15) is 0 Å². The highest BCUT2D eigenvalue weighted by Crippen LogP contribution is 2.45. The summed E-state index contributed by atoms with van der Waals surface area (Å²) in [5.41, 5.74) is -0.383. The van der Waals surface area contributed by atoms with Crippen LogP contribution < -0.4 is 0 Å². The minimum absolute atomic E-state index is 0.185. The third-order valence-electron chi connectivity index (χ3n) is 3.72. The minimum Gasteiger partial charge on any atom is -0.478 e. The lowest BCUT2D eigenvalue weighted by atomic mass is 9.75. The normalized spacial score (nSPS) is 34.4. The molecule has 0 atom stereocenters. The predicted molar refractivity (Wildman–Crippen MR) is 56.8 cm³/mol. The van der Waals surface area contributed by atoms with Crippen LogP contribution in [0.3, 0.4) is 0 Å². The topological polar surface area (TPSA) is 63.6 Å². The molecule has 2 rings (SSSR count). The van der Waals surface area contributed by atoms with Crippen molar-refractivity contribution < 1.29 is 19.4 Å². The van der Waals surface area contributed by atoms with Gasteiger partial charge in [0.1, 0.15) is 5.60 Å². The van der Waals surface area contributed by atoms with Crippen LogP contribution in [0.2, 0.25) is 0 Å². The summed E-state index contributed by atoms with van der Waals surface area (Å²) in [5, 5.41) is 9.19. The van der Waals surface area contributed by atoms with E-state index in [1.165, 1.54) is 0 Å². The summed E-state index contributed by atoms with van der Waals surface area (Å²) in [4.78, 5) is 22.7. The van der Waals surface area contributed by atoms with Gasteiger partial charge in [-0.3, -0.25) is 0 Å². The number of carboxylic acids is 1. The summed E-state index contributed by atoms with van der Waals surface area (Å²) in [7, 11) is 0. The third kappa shape index (κ3) is 1.52. The maximum absolute atomic E-state index is 11.5. The Bertz CT molecular complexity index is 372. The Kier molecular flexibility index (Phi) is 2.52. The first kappa shape index (κ1) is 11.2. The Labute approximate surface area is 94.3 Å². The molecule has 0 saturated heterocycles. The molecule has 1 N–H and O–H groups in total. The van der Waals surface area contributed by atoms with Crippen LogP contribution in [0.4, 0.5) is 0 Å². The smallest absolute Gasteiger partial charge is 0.336 e. The van der Waals surface area contributed by atoms with Gasteiger partial charge < -0.3 is 9.84 Å². The number of hydrogen-bond acceptors (Lipinski definition) is 3. The van der Waals surface area contributed by atoms with Crippen LogP contribution in [0.5, 0.6) is 0 Å². The second-order valence-electron chi connectivity index (χ2n) is 4.87. The van der Waals surface area contributed by atoms with Crippen molar-refractivity contribution in [2.75, 3.05) is 0 Å². The van der Waals surface area contributed by atoms with Crippen molar-refractivity contribution in [1.29, 1.82) is 0 Å². The molecule has 1 aliphatic carbocycles. The molecule has 88 valence electrons. The number of aliphatic carboxylic acids is 1. The highest BCUT2D eigenvalue weighted by atomic mass is 16.6. The SMILES string of the molecule is CC1=C(C(=O)O)C2(CCC(C)CC2)OC1=O. The number of hydrogen-bond donors (Lipinski definition) is 1. The van der Waals surface area contributed by atoms with Crippen LogP contribution in [0.15, 0.2) is 11.1 Å². The van der Waals surface area contributed by atoms with E-state index in [9.17, 15) is 14.7 Å². The molecule has 0 aromatic rings. The van der Waals surface area contributed by atoms with E-state index in [1.807, 2.05) is 0 Å². The largest absolute Gasteiger partial charge is 0.478 e. The zero-order valence-corrected chi connectivity index (χ0v) is 9.58. The Balaban J connectivity index is 2.36. The summed E-state index contributed by atoms with van der Waals surface area (Å²) >= 11 is 0. The Morgan fingerprint density at radius 2 is 2.00 bits per heavy atom. The lowest BCUT2D eigenvalue weighted by molar-refractivity contribution is -0.151. The van der Waals surface area contributed by atoms with Crippen LogP contribution in [-0.4, -0.2) is 22.6 Å². The summed E-state index contributed by atoms with van der Waals surface area (Å²) in [6.07, 6.45) is 3.10. The van der Waals surface area contributed by atoms with Crippen molar-refractivity contribution in [3.63, 3.8) is 0 Å². The van der Waals surface area contributed by atoms with Gasteiger partial charge in [0.2, 0.25) is 0 Å². The van der Waals surface area contributed by atoms with E-state index in [4.69, 9.17) is 4.74 Å². The van der Waals surface area contributed by atoms with Gasteiger partial charge >= 0.3 is 11.9 Å². The fourth-order valence-electron chi connectivity index (χ4n) is 2.68. The molecule has 1 saturated carbocycles. The molecule has 2 aliphatic rings. The van der Waals surface area contributed by atoms with E-state index >= 15 is 0 Å². The molecular formula is C12H16O4. The summed E-state index contributed by atoms with van der Waals surface area (Å²) in [6.45, 7) is 3.68. The third-order valence-corrected chi connectivity index (χ3v) is 3.72. The van der Waals surface area contributed by atoms with E-state index in [2.05, 4.69) is 6.92 Å².